The molecule has 1 rings (SSSR count). The zero-order valence-corrected chi connectivity index (χ0v) is 12.0. The van der Waals surface area contributed by atoms with Crippen molar-refractivity contribution in [2.24, 2.45) is 0 Å². The Hall–Kier alpha value is -0.530. The molecule has 1 N–H and O–H groups in total. The van der Waals surface area contributed by atoms with Gasteiger partial charge in [0.15, 0.2) is 0 Å². The topological polar surface area (TPSA) is 75.7 Å². The lowest BCUT2D eigenvalue weighted by Crippen LogP contribution is -2.49. The van der Waals surface area contributed by atoms with E-state index in [0.29, 0.717) is 13.0 Å². The minimum Gasteiger partial charge on any atom is -0.449 e. The van der Waals surface area contributed by atoms with Gasteiger partial charge in [-0.3, -0.25) is 0 Å². The van der Waals surface area contributed by atoms with Gasteiger partial charge in [0, 0.05) is 18.5 Å². The molecule has 0 saturated carbocycles. The van der Waals surface area contributed by atoms with Crippen LogP contribution in [0.15, 0.2) is 0 Å². The summed E-state index contributed by atoms with van der Waals surface area (Å²) in [6.45, 7) is 2.12. The number of amides is 1. The second-order valence-corrected chi connectivity index (χ2v) is 6.03. The lowest BCUT2D eigenvalue weighted by molar-refractivity contribution is 0.157. The van der Waals surface area contributed by atoms with Crippen LogP contribution in [0.3, 0.4) is 0 Å². The molecule has 0 aromatic heterocycles. The van der Waals surface area contributed by atoms with E-state index in [1.807, 2.05) is 4.72 Å². The van der Waals surface area contributed by atoms with Crippen LogP contribution < -0.4 is 4.72 Å². The van der Waals surface area contributed by atoms with E-state index >= 15 is 0 Å². The predicted molar refractivity (Wildman–Crippen MR) is 68.8 cm³/mol. The molecule has 1 atom stereocenters. The molecular weight excluding hydrogens is 280 g/mol. The maximum absolute atomic E-state index is 12.0. The maximum Gasteiger partial charge on any atom is 0.421 e. The van der Waals surface area contributed by atoms with Gasteiger partial charge >= 0.3 is 16.3 Å². The van der Waals surface area contributed by atoms with Gasteiger partial charge in [-0.15, -0.1) is 11.6 Å². The van der Waals surface area contributed by atoms with Crippen molar-refractivity contribution in [3.8, 4) is 0 Å². The lowest BCUT2D eigenvalue weighted by atomic mass is 10.1. The third-order valence-electron chi connectivity index (χ3n) is 2.80. The van der Waals surface area contributed by atoms with Crippen LogP contribution in [-0.4, -0.2) is 43.9 Å². The quantitative estimate of drug-likeness (QED) is 0.797. The van der Waals surface area contributed by atoms with Crippen LogP contribution >= 0.6 is 11.6 Å². The van der Waals surface area contributed by atoms with E-state index < -0.39 is 16.3 Å². The number of rotatable bonds is 4. The van der Waals surface area contributed by atoms with E-state index in [0.717, 1.165) is 19.3 Å². The molecule has 8 heteroatoms. The first-order chi connectivity index (χ1) is 8.51. The van der Waals surface area contributed by atoms with Gasteiger partial charge < -0.3 is 4.74 Å². The Bertz CT molecular complexity index is 374. The Morgan fingerprint density at radius 1 is 1.44 bits per heavy atom. The maximum atomic E-state index is 12.0. The molecule has 0 radical (unpaired) electrons. The van der Waals surface area contributed by atoms with Crippen LogP contribution in [0, 0.1) is 0 Å². The van der Waals surface area contributed by atoms with E-state index in [9.17, 15) is 13.2 Å². The van der Waals surface area contributed by atoms with Gasteiger partial charge in [0.05, 0.1) is 6.61 Å². The molecule has 1 heterocycles. The van der Waals surface area contributed by atoms with Crippen molar-refractivity contribution in [2.45, 2.75) is 38.6 Å². The summed E-state index contributed by atoms with van der Waals surface area (Å²) in [5.41, 5.74) is 0. The minimum absolute atomic E-state index is 0.125. The second-order valence-electron chi connectivity index (χ2n) is 4.10. The summed E-state index contributed by atoms with van der Waals surface area (Å²) in [6, 6.07) is -0.263. The number of halogens is 1. The number of nitrogens with zero attached hydrogens (tertiary/aromatic N) is 1. The Morgan fingerprint density at radius 2 is 2.17 bits per heavy atom. The lowest BCUT2D eigenvalue weighted by Gasteiger charge is -2.27. The van der Waals surface area contributed by atoms with Gasteiger partial charge in [-0.1, -0.05) is 12.8 Å². The number of alkyl halides is 1. The standard InChI is InChI=1S/C10H19ClN2O4S/c1-2-17-10(14)12-18(15,16)13-7-5-3-4-6-9(13)8-11/h9H,2-8H2,1H3,(H,12,14). The van der Waals surface area contributed by atoms with Crippen molar-refractivity contribution in [2.75, 3.05) is 19.0 Å². The number of ether oxygens (including phenoxy) is 1. The van der Waals surface area contributed by atoms with Crippen LogP contribution in [0.2, 0.25) is 0 Å². The second kappa shape index (κ2) is 7.16. The van der Waals surface area contributed by atoms with E-state index in [2.05, 4.69) is 4.74 Å². The molecule has 1 amide bonds. The van der Waals surface area contributed by atoms with Crippen molar-refractivity contribution in [1.82, 2.24) is 9.03 Å². The Morgan fingerprint density at radius 3 is 2.78 bits per heavy atom. The molecule has 1 saturated heterocycles. The van der Waals surface area contributed by atoms with E-state index in [1.165, 1.54) is 4.31 Å². The fourth-order valence-electron chi connectivity index (χ4n) is 1.95. The Labute approximate surface area is 113 Å². The average molecular weight is 299 g/mol. The number of carbonyl (C=O) groups is 1. The summed E-state index contributed by atoms with van der Waals surface area (Å²) < 4.78 is 31.8. The summed E-state index contributed by atoms with van der Waals surface area (Å²) in [6.07, 6.45) is 2.46. The van der Waals surface area contributed by atoms with Crippen molar-refractivity contribution < 1.29 is 17.9 Å². The van der Waals surface area contributed by atoms with Gasteiger partial charge in [-0.05, 0) is 19.8 Å². The summed E-state index contributed by atoms with van der Waals surface area (Å²) in [7, 11) is -3.87. The highest BCUT2D eigenvalue weighted by Crippen LogP contribution is 2.20. The largest absolute Gasteiger partial charge is 0.449 e. The first kappa shape index (κ1) is 15.5. The number of carbonyl (C=O) groups excluding carboxylic acids is 1. The van der Waals surface area contributed by atoms with E-state index in [4.69, 9.17) is 11.6 Å². The normalized spacial score (nSPS) is 22.2. The zero-order valence-electron chi connectivity index (χ0n) is 10.4. The molecule has 6 nitrogen and oxygen atoms in total. The average Bonchev–Trinajstić information content (AvgIpc) is 2.53. The molecule has 0 bridgehead atoms. The van der Waals surface area contributed by atoms with Crippen LogP contribution in [-0.2, 0) is 14.9 Å². The Kier molecular flexibility index (Phi) is 6.17. The molecule has 1 aliphatic heterocycles. The van der Waals surface area contributed by atoms with Gasteiger partial charge in [-0.25, -0.2) is 9.52 Å². The fourth-order valence-corrected chi connectivity index (χ4v) is 3.68. The van der Waals surface area contributed by atoms with Gasteiger partial charge in [0.25, 0.3) is 0 Å². The van der Waals surface area contributed by atoms with E-state index in [-0.39, 0.29) is 18.5 Å². The van der Waals surface area contributed by atoms with Crippen LogP contribution in [0.4, 0.5) is 4.79 Å². The summed E-state index contributed by atoms with van der Waals surface area (Å²) in [4.78, 5) is 11.2. The molecular formula is C10H19ClN2O4S. The van der Waals surface area contributed by atoms with Crippen LogP contribution in [0.5, 0.6) is 0 Å². The fraction of sp³-hybridized carbons (Fsp3) is 0.900. The smallest absolute Gasteiger partial charge is 0.421 e. The van der Waals surface area contributed by atoms with Gasteiger partial charge in [0.1, 0.15) is 0 Å². The van der Waals surface area contributed by atoms with E-state index in [1.54, 1.807) is 6.92 Å². The highest BCUT2D eigenvalue weighted by atomic mass is 35.5. The zero-order chi connectivity index (χ0) is 13.6. The molecule has 0 spiro atoms. The SMILES string of the molecule is CCOC(=O)NS(=O)(=O)N1CCCCCC1CCl. The monoisotopic (exact) mass is 298 g/mol. The predicted octanol–water partition coefficient (Wildman–Crippen LogP) is 1.46. The van der Waals surface area contributed by atoms with Crippen molar-refractivity contribution in [3.05, 3.63) is 0 Å². The summed E-state index contributed by atoms with van der Waals surface area (Å²) >= 11 is 5.80. The van der Waals surface area contributed by atoms with Gasteiger partial charge in [0.2, 0.25) is 0 Å². The molecule has 18 heavy (non-hydrogen) atoms. The molecule has 0 aromatic rings. The Balaban J connectivity index is 2.76. The summed E-state index contributed by atoms with van der Waals surface area (Å²) in [5, 5.41) is 0. The molecule has 1 fully saturated rings. The highest BCUT2D eigenvalue weighted by molar-refractivity contribution is 7.87. The van der Waals surface area contributed by atoms with Crippen molar-refractivity contribution >= 4 is 27.9 Å². The number of hydrogen-bond donors (Lipinski definition) is 1. The minimum atomic E-state index is -3.87. The molecule has 106 valence electrons. The van der Waals surface area contributed by atoms with Crippen molar-refractivity contribution in [3.63, 3.8) is 0 Å². The molecule has 1 unspecified atom stereocenters. The van der Waals surface area contributed by atoms with Crippen LogP contribution in [0.1, 0.15) is 32.6 Å². The molecule has 0 aromatic carbocycles. The summed E-state index contributed by atoms with van der Waals surface area (Å²) in [5.74, 6) is 0.226. The third-order valence-corrected chi connectivity index (χ3v) is 4.68. The first-order valence-electron chi connectivity index (χ1n) is 6.03. The third kappa shape index (κ3) is 4.29. The molecule has 1 aliphatic rings. The number of hydrogen-bond acceptors (Lipinski definition) is 4. The van der Waals surface area contributed by atoms with Gasteiger partial charge in [-0.2, -0.15) is 12.7 Å². The van der Waals surface area contributed by atoms with Crippen LogP contribution in [0.25, 0.3) is 0 Å². The first-order valence-corrected chi connectivity index (χ1v) is 8.01. The van der Waals surface area contributed by atoms with Crippen molar-refractivity contribution in [1.29, 1.82) is 0 Å². The highest BCUT2D eigenvalue weighted by Gasteiger charge is 2.32. The number of nitrogens with one attached hydrogen (secondary N) is 1. The molecule has 0 aliphatic carbocycles.